The first-order valence-corrected chi connectivity index (χ1v) is 13.2. The Bertz CT molecular complexity index is 1160. The van der Waals surface area contributed by atoms with Crippen LogP contribution in [-0.2, 0) is 15.8 Å². The van der Waals surface area contributed by atoms with Gasteiger partial charge in [-0.25, -0.2) is 0 Å². The minimum absolute atomic E-state index is 0.115. The third-order valence-corrected chi connectivity index (χ3v) is 10.6. The fraction of sp³-hybridized carbons (Fsp3) is 0.103. The van der Waals surface area contributed by atoms with E-state index in [9.17, 15) is 9.59 Å². The zero-order valence-electron chi connectivity index (χ0n) is 18.3. The van der Waals surface area contributed by atoms with Crippen LogP contribution in [0, 0.1) is 0 Å². The molecule has 33 heavy (non-hydrogen) atoms. The summed E-state index contributed by atoms with van der Waals surface area (Å²) in [6.45, 7) is 0. The predicted octanol–water partition coefficient (Wildman–Crippen LogP) is 4.83. The van der Waals surface area contributed by atoms with Gasteiger partial charge in [0.2, 0.25) is 11.8 Å². The van der Waals surface area contributed by atoms with Gasteiger partial charge in [0, 0.05) is 18.4 Å². The van der Waals surface area contributed by atoms with Crippen LogP contribution in [0.3, 0.4) is 0 Å². The summed E-state index contributed by atoms with van der Waals surface area (Å²) in [6, 6.07) is 39.8. The number of rotatable bonds is 6. The van der Waals surface area contributed by atoms with Gasteiger partial charge in [-0.15, -0.1) is 0 Å². The van der Waals surface area contributed by atoms with Gasteiger partial charge >= 0.3 is 0 Å². The molecule has 4 heteroatoms. The first-order valence-electron chi connectivity index (χ1n) is 11.2. The Hall–Kier alpha value is -3.55. The molecule has 0 aliphatic carbocycles. The number of nitrogens with zero attached hydrogens (tertiary/aromatic N) is 1. The van der Waals surface area contributed by atoms with E-state index in [2.05, 4.69) is 78.9 Å². The van der Waals surface area contributed by atoms with Crippen molar-refractivity contribution in [3.63, 3.8) is 0 Å². The van der Waals surface area contributed by atoms with Gasteiger partial charge in [-0.1, -0.05) is 72.8 Å². The summed E-state index contributed by atoms with van der Waals surface area (Å²) in [5.41, 5.74) is 1.74. The molecule has 0 N–H and O–H groups in total. The fourth-order valence-electron chi connectivity index (χ4n) is 4.73. The summed E-state index contributed by atoms with van der Waals surface area (Å²) in [4.78, 5) is 26.6. The highest BCUT2D eigenvalue weighted by molar-refractivity contribution is 7.95. The van der Waals surface area contributed by atoms with Crippen molar-refractivity contribution in [3.8, 4) is 0 Å². The zero-order chi connectivity index (χ0) is 22.7. The maximum absolute atomic E-state index is 12.6. The molecule has 4 aromatic rings. The molecule has 0 spiro atoms. The van der Waals surface area contributed by atoms with E-state index in [4.69, 9.17) is 0 Å². The normalized spacial score (nSPS) is 14.0. The minimum Gasteiger partial charge on any atom is -0.274 e. The molecule has 162 valence electrons. The van der Waals surface area contributed by atoms with Gasteiger partial charge in [-0.05, 0) is 42.5 Å². The summed E-state index contributed by atoms with van der Waals surface area (Å²) in [5.74, 6) is -0.231. The lowest BCUT2D eigenvalue weighted by Crippen LogP contribution is -2.34. The second-order valence-electron chi connectivity index (χ2n) is 8.23. The van der Waals surface area contributed by atoms with E-state index in [-0.39, 0.29) is 24.7 Å². The van der Waals surface area contributed by atoms with E-state index in [0.29, 0.717) is 0 Å². The van der Waals surface area contributed by atoms with Crippen LogP contribution in [0.15, 0.2) is 115 Å². The number of hydrogen-bond acceptors (Lipinski definition) is 2. The van der Waals surface area contributed by atoms with Crippen molar-refractivity contribution in [2.75, 3.05) is 4.90 Å². The first-order chi connectivity index (χ1) is 16.2. The van der Waals surface area contributed by atoms with Crippen LogP contribution in [0.25, 0.3) is 0 Å². The fourth-order valence-corrected chi connectivity index (χ4v) is 9.00. The van der Waals surface area contributed by atoms with Crippen LogP contribution < -0.4 is 20.8 Å². The van der Waals surface area contributed by atoms with Crippen molar-refractivity contribution >= 4 is 40.7 Å². The number of para-hydroxylation sites is 1. The van der Waals surface area contributed by atoms with E-state index in [0.717, 1.165) is 17.4 Å². The predicted molar refractivity (Wildman–Crippen MR) is 137 cm³/mol. The summed E-state index contributed by atoms with van der Waals surface area (Å²) >= 11 is 0. The van der Waals surface area contributed by atoms with E-state index < -0.39 is 7.26 Å². The standard InChI is InChI=1S/C29H25NO2P/c31-28-20-21-29(32)30(28)27-19-11-10-12-23(27)22-33(24-13-4-1-5-14-24,25-15-6-2-7-16-25)26-17-8-3-9-18-26/h1-19H,20-22H2/q+1. The lowest BCUT2D eigenvalue weighted by Gasteiger charge is -2.29. The third-order valence-electron chi connectivity index (χ3n) is 6.28. The molecule has 0 radical (unpaired) electrons. The number of imide groups is 1. The molecule has 1 saturated heterocycles. The second-order valence-corrected chi connectivity index (χ2v) is 11.7. The van der Waals surface area contributed by atoms with Gasteiger partial charge in [-0.2, -0.15) is 0 Å². The molecule has 0 atom stereocenters. The van der Waals surface area contributed by atoms with Gasteiger partial charge in [0.25, 0.3) is 0 Å². The zero-order valence-corrected chi connectivity index (χ0v) is 19.2. The quantitative estimate of drug-likeness (QED) is 0.312. The lowest BCUT2D eigenvalue weighted by molar-refractivity contribution is -0.121. The molecule has 0 saturated carbocycles. The highest BCUT2D eigenvalue weighted by atomic mass is 31.2. The number of anilines is 1. The molecular weight excluding hydrogens is 425 g/mol. The third kappa shape index (κ3) is 3.90. The van der Waals surface area contributed by atoms with Crippen molar-refractivity contribution < 1.29 is 9.59 Å². The van der Waals surface area contributed by atoms with Gasteiger partial charge in [-0.3, -0.25) is 14.5 Å². The number of benzene rings is 4. The second kappa shape index (κ2) is 9.13. The molecule has 1 heterocycles. The maximum atomic E-state index is 12.6. The number of amides is 2. The van der Waals surface area contributed by atoms with E-state index >= 15 is 0 Å². The molecule has 3 nitrogen and oxygen atoms in total. The van der Waals surface area contributed by atoms with Gasteiger partial charge in [0.15, 0.2) is 0 Å². The van der Waals surface area contributed by atoms with Crippen molar-refractivity contribution in [2.24, 2.45) is 0 Å². The monoisotopic (exact) mass is 450 g/mol. The van der Waals surface area contributed by atoms with Gasteiger partial charge < -0.3 is 0 Å². The van der Waals surface area contributed by atoms with Crippen LogP contribution >= 0.6 is 7.26 Å². The van der Waals surface area contributed by atoms with E-state index in [1.807, 2.05) is 36.4 Å². The molecule has 0 unspecified atom stereocenters. The summed E-state index contributed by atoms with van der Waals surface area (Å²) in [7, 11) is -2.13. The summed E-state index contributed by atoms with van der Waals surface area (Å²) in [5, 5.41) is 3.82. The average Bonchev–Trinajstić information content (AvgIpc) is 3.22. The van der Waals surface area contributed by atoms with Crippen molar-refractivity contribution in [3.05, 3.63) is 121 Å². The molecular formula is C29H25NO2P+. The largest absolute Gasteiger partial charge is 0.274 e. The van der Waals surface area contributed by atoms with Crippen molar-refractivity contribution in [1.82, 2.24) is 0 Å². The smallest absolute Gasteiger partial charge is 0.234 e. The Morgan fingerprint density at radius 1 is 0.545 bits per heavy atom. The first kappa shape index (κ1) is 21.3. The molecule has 1 aliphatic heterocycles. The number of carbonyl (C=O) groups is 2. The Kier molecular flexibility index (Phi) is 5.90. The number of carbonyl (C=O) groups excluding carboxylic acids is 2. The molecule has 5 rings (SSSR count). The van der Waals surface area contributed by atoms with Gasteiger partial charge in [0.1, 0.15) is 29.3 Å². The summed E-state index contributed by atoms with van der Waals surface area (Å²) in [6.07, 6.45) is 1.28. The Morgan fingerprint density at radius 3 is 1.39 bits per heavy atom. The van der Waals surface area contributed by atoms with Crippen LogP contribution in [0.1, 0.15) is 18.4 Å². The van der Waals surface area contributed by atoms with E-state index in [1.165, 1.54) is 20.8 Å². The van der Waals surface area contributed by atoms with Crippen molar-refractivity contribution in [2.45, 2.75) is 19.0 Å². The summed E-state index contributed by atoms with van der Waals surface area (Å²) < 4.78 is 0. The Labute approximate surface area is 195 Å². The van der Waals surface area contributed by atoms with Gasteiger partial charge in [0.05, 0.1) is 5.69 Å². The average molecular weight is 450 g/mol. The van der Waals surface area contributed by atoms with Crippen LogP contribution in [0.5, 0.6) is 0 Å². The molecule has 1 aliphatic rings. The van der Waals surface area contributed by atoms with Crippen molar-refractivity contribution in [1.29, 1.82) is 0 Å². The molecule has 2 amide bonds. The Balaban J connectivity index is 1.76. The highest BCUT2D eigenvalue weighted by Crippen LogP contribution is 2.59. The molecule has 0 bridgehead atoms. The lowest BCUT2D eigenvalue weighted by atomic mass is 10.2. The maximum Gasteiger partial charge on any atom is 0.234 e. The number of hydrogen-bond donors (Lipinski definition) is 0. The minimum atomic E-state index is -2.13. The van der Waals surface area contributed by atoms with E-state index in [1.54, 1.807) is 0 Å². The van der Waals surface area contributed by atoms with Crippen LogP contribution in [0.4, 0.5) is 5.69 Å². The SMILES string of the molecule is O=C1CCC(=O)N1c1ccccc1C[P+](c1ccccc1)(c1ccccc1)c1ccccc1. The highest BCUT2D eigenvalue weighted by Gasteiger charge is 2.46. The molecule has 4 aromatic carbocycles. The topological polar surface area (TPSA) is 37.4 Å². The Morgan fingerprint density at radius 2 is 0.939 bits per heavy atom. The molecule has 0 aromatic heterocycles. The van der Waals surface area contributed by atoms with Crippen LogP contribution in [0.2, 0.25) is 0 Å². The van der Waals surface area contributed by atoms with Crippen LogP contribution in [-0.4, -0.2) is 11.8 Å². The molecule has 1 fully saturated rings.